The number of hydrogen-bond acceptors (Lipinski definition) is 3. The van der Waals surface area contributed by atoms with Crippen molar-refractivity contribution < 1.29 is 4.74 Å². The summed E-state index contributed by atoms with van der Waals surface area (Å²) in [6, 6.07) is 0. The van der Waals surface area contributed by atoms with Gasteiger partial charge in [-0.15, -0.1) is 0 Å². The zero-order chi connectivity index (χ0) is 10.0. The Kier molecular flexibility index (Phi) is 3.10. The topological polar surface area (TPSA) is 38.5 Å². The van der Waals surface area contributed by atoms with Crippen molar-refractivity contribution in [1.29, 1.82) is 0 Å². The summed E-state index contributed by atoms with van der Waals surface area (Å²) in [4.78, 5) is 2.58. The van der Waals surface area contributed by atoms with Crippen molar-refractivity contribution in [1.82, 2.24) is 4.90 Å². The summed E-state index contributed by atoms with van der Waals surface area (Å²) in [5, 5.41) is 0. The maximum atomic E-state index is 5.95. The quantitative estimate of drug-likeness (QED) is 0.734. The minimum Gasteiger partial charge on any atom is -0.380 e. The normalized spacial score (nSPS) is 32.6. The van der Waals surface area contributed by atoms with Crippen molar-refractivity contribution in [3.05, 3.63) is 0 Å². The molecule has 0 amide bonds. The summed E-state index contributed by atoms with van der Waals surface area (Å²) < 4.78 is 5.41. The Morgan fingerprint density at radius 1 is 1.43 bits per heavy atom. The highest BCUT2D eigenvalue weighted by molar-refractivity contribution is 4.98. The van der Waals surface area contributed by atoms with Crippen molar-refractivity contribution in [2.45, 2.75) is 43.7 Å². The third kappa shape index (κ3) is 1.69. The fraction of sp³-hybridized carbons (Fsp3) is 1.00. The van der Waals surface area contributed by atoms with E-state index in [-0.39, 0.29) is 0 Å². The molecule has 2 aliphatic rings. The fourth-order valence-electron chi connectivity index (χ4n) is 3.03. The van der Waals surface area contributed by atoms with E-state index in [1.165, 1.54) is 38.6 Å². The highest BCUT2D eigenvalue weighted by atomic mass is 16.5. The second-order valence-corrected chi connectivity index (χ2v) is 4.73. The van der Waals surface area contributed by atoms with E-state index in [0.29, 0.717) is 11.6 Å². The Morgan fingerprint density at radius 2 is 2.14 bits per heavy atom. The molecule has 1 heterocycles. The molecular weight excluding hydrogens is 176 g/mol. The number of nitrogens with two attached hydrogens (primary N) is 1. The van der Waals surface area contributed by atoms with Crippen LogP contribution in [0.15, 0.2) is 0 Å². The summed E-state index contributed by atoms with van der Waals surface area (Å²) >= 11 is 0. The van der Waals surface area contributed by atoms with Gasteiger partial charge in [0.2, 0.25) is 0 Å². The van der Waals surface area contributed by atoms with Crippen LogP contribution in [0.2, 0.25) is 0 Å². The maximum absolute atomic E-state index is 5.95. The molecule has 1 unspecified atom stereocenters. The molecule has 2 rings (SSSR count). The summed E-state index contributed by atoms with van der Waals surface area (Å²) in [6.45, 7) is 3.09. The Morgan fingerprint density at radius 3 is 2.64 bits per heavy atom. The summed E-state index contributed by atoms with van der Waals surface area (Å²) in [5.41, 5.74) is 6.28. The van der Waals surface area contributed by atoms with Gasteiger partial charge >= 0.3 is 0 Å². The molecule has 0 aromatic carbocycles. The second-order valence-electron chi connectivity index (χ2n) is 4.73. The largest absolute Gasteiger partial charge is 0.380 e. The molecule has 0 aromatic heterocycles. The SMILES string of the molecule is COC1CCN(C2(CN)CCCC2)C1. The number of hydrogen-bond donors (Lipinski definition) is 1. The Labute approximate surface area is 86.6 Å². The van der Waals surface area contributed by atoms with Gasteiger partial charge < -0.3 is 10.5 Å². The molecule has 3 nitrogen and oxygen atoms in total. The molecule has 0 aromatic rings. The Bertz CT molecular complexity index is 190. The van der Waals surface area contributed by atoms with E-state index >= 15 is 0 Å². The van der Waals surface area contributed by atoms with Gasteiger partial charge in [0.15, 0.2) is 0 Å². The van der Waals surface area contributed by atoms with Crippen molar-refractivity contribution in [2.75, 3.05) is 26.7 Å². The molecule has 1 saturated carbocycles. The van der Waals surface area contributed by atoms with Crippen LogP contribution in [0.1, 0.15) is 32.1 Å². The molecule has 3 heteroatoms. The van der Waals surface area contributed by atoms with Gasteiger partial charge in [-0.05, 0) is 19.3 Å². The lowest BCUT2D eigenvalue weighted by Crippen LogP contribution is -2.51. The smallest absolute Gasteiger partial charge is 0.0710 e. The molecular formula is C11H22N2O. The molecule has 14 heavy (non-hydrogen) atoms. The van der Waals surface area contributed by atoms with Crippen molar-refractivity contribution in [3.8, 4) is 0 Å². The average Bonchev–Trinajstić information content (AvgIpc) is 2.87. The molecule has 1 saturated heterocycles. The van der Waals surface area contributed by atoms with Crippen LogP contribution in [-0.4, -0.2) is 43.3 Å². The van der Waals surface area contributed by atoms with Gasteiger partial charge in [0.05, 0.1) is 6.10 Å². The van der Waals surface area contributed by atoms with Gasteiger partial charge in [0.25, 0.3) is 0 Å². The number of ether oxygens (including phenoxy) is 1. The Balaban J connectivity index is 1.99. The predicted octanol–water partition coefficient (Wildman–Crippen LogP) is 0.979. The van der Waals surface area contributed by atoms with Crippen molar-refractivity contribution in [3.63, 3.8) is 0 Å². The van der Waals surface area contributed by atoms with Crippen LogP contribution >= 0.6 is 0 Å². The first-order valence-corrected chi connectivity index (χ1v) is 5.79. The van der Waals surface area contributed by atoms with Crippen LogP contribution in [0, 0.1) is 0 Å². The second kappa shape index (κ2) is 4.17. The molecule has 1 aliphatic heterocycles. The first-order valence-electron chi connectivity index (χ1n) is 5.79. The van der Waals surface area contributed by atoms with Crippen LogP contribution in [0.5, 0.6) is 0 Å². The highest BCUT2D eigenvalue weighted by Gasteiger charge is 2.41. The first-order chi connectivity index (χ1) is 6.80. The minimum atomic E-state index is 0.327. The molecule has 0 radical (unpaired) electrons. The van der Waals surface area contributed by atoms with E-state index in [1.807, 2.05) is 7.11 Å². The van der Waals surface area contributed by atoms with E-state index in [2.05, 4.69) is 4.90 Å². The zero-order valence-electron chi connectivity index (χ0n) is 9.17. The first kappa shape index (κ1) is 10.4. The molecule has 0 bridgehead atoms. The van der Waals surface area contributed by atoms with Gasteiger partial charge in [0, 0.05) is 32.3 Å². The number of likely N-dealkylation sites (tertiary alicyclic amines) is 1. The fourth-order valence-corrected chi connectivity index (χ4v) is 3.03. The van der Waals surface area contributed by atoms with Crippen LogP contribution in [0.25, 0.3) is 0 Å². The number of methoxy groups -OCH3 is 1. The summed E-state index contributed by atoms with van der Waals surface area (Å²) in [6.07, 6.45) is 6.91. The van der Waals surface area contributed by atoms with Crippen LogP contribution in [-0.2, 0) is 4.74 Å². The van der Waals surface area contributed by atoms with Crippen LogP contribution in [0.3, 0.4) is 0 Å². The number of rotatable bonds is 3. The van der Waals surface area contributed by atoms with Crippen LogP contribution in [0.4, 0.5) is 0 Å². The lowest BCUT2D eigenvalue weighted by Gasteiger charge is -2.37. The van der Waals surface area contributed by atoms with Gasteiger partial charge in [-0.2, -0.15) is 0 Å². The maximum Gasteiger partial charge on any atom is 0.0710 e. The van der Waals surface area contributed by atoms with E-state index < -0.39 is 0 Å². The lowest BCUT2D eigenvalue weighted by atomic mass is 9.96. The average molecular weight is 198 g/mol. The summed E-state index contributed by atoms with van der Waals surface area (Å²) in [5.74, 6) is 0. The van der Waals surface area contributed by atoms with Gasteiger partial charge in [-0.25, -0.2) is 0 Å². The van der Waals surface area contributed by atoms with E-state index in [0.717, 1.165) is 13.1 Å². The van der Waals surface area contributed by atoms with Crippen molar-refractivity contribution in [2.24, 2.45) is 5.73 Å². The third-order valence-corrected chi connectivity index (χ3v) is 4.06. The number of nitrogens with zero attached hydrogens (tertiary/aromatic N) is 1. The molecule has 1 atom stereocenters. The molecule has 2 N–H and O–H groups in total. The van der Waals surface area contributed by atoms with E-state index in [1.54, 1.807) is 0 Å². The van der Waals surface area contributed by atoms with E-state index in [9.17, 15) is 0 Å². The standard InChI is InChI=1S/C11H22N2O/c1-14-10-4-7-13(8-10)11(9-12)5-2-3-6-11/h10H,2-9,12H2,1H3. The zero-order valence-corrected chi connectivity index (χ0v) is 9.17. The van der Waals surface area contributed by atoms with Crippen molar-refractivity contribution >= 4 is 0 Å². The van der Waals surface area contributed by atoms with E-state index in [4.69, 9.17) is 10.5 Å². The van der Waals surface area contributed by atoms with Gasteiger partial charge in [-0.1, -0.05) is 12.8 Å². The Hall–Kier alpha value is -0.120. The minimum absolute atomic E-state index is 0.327. The third-order valence-electron chi connectivity index (χ3n) is 4.06. The van der Waals surface area contributed by atoms with Crippen LogP contribution < -0.4 is 5.73 Å². The summed E-state index contributed by atoms with van der Waals surface area (Å²) in [7, 11) is 1.82. The predicted molar refractivity (Wildman–Crippen MR) is 57.2 cm³/mol. The molecule has 82 valence electrons. The monoisotopic (exact) mass is 198 g/mol. The van der Waals surface area contributed by atoms with Gasteiger partial charge in [-0.3, -0.25) is 4.90 Å². The molecule has 1 aliphatic carbocycles. The molecule has 0 spiro atoms. The highest BCUT2D eigenvalue weighted by Crippen LogP contribution is 2.36. The van der Waals surface area contributed by atoms with Gasteiger partial charge in [0.1, 0.15) is 0 Å². The lowest BCUT2D eigenvalue weighted by molar-refractivity contribution is 0.0756. The molecule has 2 fully saturated rings.